The van der Waals surface area contributed by atoms with Crippen LogP contribution in [0, 0.1) is 6.92 Å². The van der Waals surface area contributed by atoms with Crippen LogP contribution in [0.15, 0.2) is 48.5 Å². The summed E-state index contributed by atoms with van der Waals surface area (Å²) in [6, 6.07) is 16.5. The van der Waals surface area contributed by atoms with Crippen molar-refractivity contribution in [2.24, 2.45) is 0 Å². The molecule has 2 aromatic carbocycles. The van der Waals surface area contributed by atoms with Crippen LogP contribution in [0.2, 0.25) is 0 Å². The smallest absolute Gasteiger partial charge is 0.263 e. The van der Waals surface area contributed by atoms with Gasteiger partial charge in [0.1, 0.15) is 5.75 Å². The molecular weight excluding hydrogens is 312 g/mol. The largest absolute Gasteiger partial charge is 0.480 e. The third kappa shape index (κ3) is 3.21. The topological polar surface area (TPSA) is 32.8 Å². The van der Waals surface area contributed by atoms with Crippen molar-refractivity contribution in [3.63, 3.8) is 0 Å². The van der Waals surface area contributed by atoms with Crippen LogP contribution in [0.1, 0.15) is 17.5 Å². The molecular formula is C21H24N2O2. The quantitative estimate of drug-likeness (QED) is 0.845. The average Bonchev–Trinajstić information content (AvgIpc) is 2.67. The lowest BCUT2D eigenvalue weighted by molar-refractivity contribution is -0.139. The molecule has 4 heteroatoms. The van der Waals surface area contributed by atoms with Gasteiger partial charge in [-0.05, 0) is 43.0 Å². The van der Waals surface area contributed by atoms with Crippen LogP contribution in [0.4, 0.5) is 5.69 Å². The molecule has 0 N–H and O–H groups in total. The van der Waals surface area contributed by atoms with Crippen LogP contribution in [-0.2, 0) is 11.2 Å². The van der Waals surface area contributed by atoms with Crippen LogP contribution >= 0.6 is 0 Å². The molecule has 1 fully saturated rings. The number of nitrogens with zero attached hydrogens (tertiary/aromatic N) is 2. The number of piperazine rings is 1. The summed E-state index contributed by atoms with van der Waals surface area (Å²) in [6.07, 6.45) is 1.35. The molecule has 25 heavy (non-hydrogen) atoms. The lowest BCUT2D eigenvalue weighted by Crippen LogP contribution is -2.53. The molecule has 1 unspecified atom stereocenters. The van der Waals surface area contributed by atoms with E-state index in [0.717, 1.165) is 44.8 Å². The van der Waals surface area contributed by atoms with Gasteiger partial charge in [0.05, 0.1) is 0 Å². The fourth-order valence-corrected chi connectivity index (χ4v) is 3.79. The second-order valence-corrected chi connectivity index (χ2v) is 6.85. The fraction of sp³-hybridized carbons (Fsp3) is 0.381. The van der Waals surface area contributed by atoms with Gasteiger partial charge in [-0.2, -0.15) is 0 Å². The van der Waals surface area contributed by atoms with Gasteiger partial charge in [0.25, 0.3) is 5.91 Å². The van der Waals surface area contributed by atoms with Gasteiger partial charge in [-0.15, -0.1) is 0 Å². The molecule has 4 nitrogen and oxygen atoms in total. The number of para-hydroxylation sites is 2. The van der Waals surface area contributed by atoms with Crippen molar-refractivity contribution in [2.75, 3.05) is 31.1 Å². The Hall–Kier alpha value is -2.49. The number of aryl methyl sites for hydroxylation is 2. The maximum atomic E-state index is 12.9. The van der Waals surface area contributed by atoms with Crippen molar-refractivity contribution >= 4 is 11.6 Å². The average molecular weight is 336 g/mol. The lowest BCUT2D eigenvalue weighted by atomic mass is 10.0. The molecule has 0 aliphatic carbocycles. The van der Waals surface area contributed by atoms with Crippen LogP contribution in [0.25, 0.3) is 0 Å². The first-order valence-corrected chi connectivity index (χ1v) is 9.06. The second-order valence-electron chi connectivity index (χ2n) is 6.85. The van der Waals surface area contributed by atoms with Gasteiger partial charge in [0.15, 0.2) is 6.10 Å². The number of rotatable bonds is 2. The van der Waals surface area contributed by atoms with Gasteiger partial charge in [-0.1, -0.05) is 36.4 Å². The van der Waals surface area contributed by atoms with Gasteiger partial charge >= 0.3 is 0 Å². The summed E-state index contributed by atoms with van der Waals surface area (Å²) >= 11 is 0. The molecule has 0 saturated carbocycles. The minimum Gasteiger partial charge on any atom is -0.480 e. The van der Waals surface area contributed by atoms with Gasteiger partial charge < -0.3 is 14.5 Å². The van der Waals surface area contributed by atoms with E-state index < -0.39 is 0 Å². The van der Waals surface area contributed by atoms with E-state index in [4.69, 9.17) is 4.74 Å². The van der Waals surface area contributed by atoms with E-state index in [1.165, 1.54) is 16.8 Å². The Morgan fingerprint density at radius 2 is 1.72 bits per heavy atom. The van der Waals surface area contributed by atoms with Crippen molar-refractivity contribution in [3.8, 4) is 5.75 Å². The van der Waals surface area contributed by atoms with Crippen LogP contribution in [-0.4, -0.2) is 43.1 Å². The number of carbonyl (C=O) groups excluding carboxylic acids is 1. The minimum absolute atomic E-state index is 0.138. The molecule has 0 spiro atoms. The van der Waals surface area contributed by atoms with Crippen molar-refractivity contribution in [1.82, 2.24) is 4.90 Å². The Labute approximate surface area is 149 Å². The summed E-state index contributed by atoms with van der Waals surface area (Å²) in [6.45, 7) is 5.41. The highest BCUT2D eigenvalue weighted by atomic mass is 16.5. The minimum atomic E-state index is -0.333. The molecule has 2 aromatic rings. The standard InChI is InChI=1S/C21H24N2O2/c1-16-6-2-4-8-18(16)22-12-14-23(15-13-22)21(24)20-11-10-17-7-3-5-9-19(17)25-20/h2-9,20H,10-15H2,1H3. The summed E-state index contributed by atoms with van der Waals surface area (Å²) in [5.41, 5.74) is 3.77. The molecule has 1 amide bonds. The maximum absolute atomic E-state index is 12.9. The van der Waals surface area contributed by atoms with E-state index in [2.05, 4.69) is 42.2 Å². The Balaban J connectivity index is 1.38. The molecule has 0 bridgehead atoms. The molecule has 2 heterocycles. The molecule has 1 saturated heterocycles. The van der Waals surface area contributed by atoms with E-state index in [-0.39, 0.29) is 12.0 Å². The van der Waals surface area contributed by atoms with Gasteiger partial charge in [0, 0.05) is 31.9 Å². The zero-order valence-electron chi connectivity index (χ0n) is 14.6. The van der Waals surface area contributed by atoms with Crippen LogP contribution < -0.4 is 9.64 Å². The van der Waals surface area contributed by atoms with E-state index in [1.807, 2.05) is 23.1 Å². The van der Waals surface area contributed by atoms with E-state index in [0.29, 0.717) is 0 Å². The number of amides is 1. The number of hydrogen-bond donors (Lipinski definition) is 0. The number of anilines is 1. The third-order valence-electron chi connectivity index (χ3n) is 5.24. The molecule has 4 rings (SSSR count). The zero-order valence-corrected chi connectivity index (χ0v) is 14.6. The Morgan fingerprint density at radius 3 is 2.52 bits per heavy atom. The molecule has 0 aromatic heterocycles. The Bertz CT molecular complexity index is 766. The first-order valence-electron chi connectivity index (χ1n) is 9.06. The Morgan fingerprint density at radius 1 is 1.00 bits per heavy atom. The fourth-order valence-electron chi connectivity index (χ4n) is 3.79. The molecule has 2 aliphatic heterocycles. The summed E-state index contributed by atoms with van der Waals surface area (Å²) in [5, 5.41) is 0. The zero-order chi connectivity index (χ0) is 17.2. The summed E-state index contributed by atoms with van der Waals surface area (Å²) in [5.74, 6) is 1.00. The summed E-state index contributed by atoms with van der Waals surface area (Å²) < 4.78 is 5.97. The SMILES string of the molecule is Cc1ccccc1N1CCN(C(=O)C2CCc3ccccc3O2)CC1. The van der Waals surface area contributed by atoms with Gasteiger partial charge in [0.2, 0.25) is 0 Å². The van der Waals surface area contributed by atoms with Crippen molar-refractivity contribution < 1.29 is 9.53 Å². The maximum Gasteiger partial charge on any atom is 0.263 e. The van der Waals surface area contributed by atoms with E-state index in [9.17, 15) is 4.79 Å². The number of carbonyl (C=O) groups is 1. The van der Waals surface area contributed by atoms with Crippen molar-refractivity contribution in [1.29, 1.82) is 0 Å². The molecule has 1 atom stereocenters. The van der Waals surface area contributed by atoms with Crippen molar-refractivity contribution in [2.45, 2.75) is 25.9 Å². The Kier molecular flexibility index (Phi) is 4.35. The summed E-state index contributed by atoms with van der Waals surface area (Å²) in [4.78, 5) is 17.2. The third-order valence-corrected chi connectivity index (χ3v) is 5.24. The lowest BCUT2D eigenvalue weighted by Gasteiger charge is -2.38. The predicted molar refractivity (Wildman–Crippen MR) is 99.2 cm³/mol. The molecule has 130 valence electrons. The first-order chi connectivity index (χ1) is 12.2. The van der Waals surface area contributed by atoms with Crippen LogP contribution in [0.3, 0.4) is 0 Å². The van der Waals surface area contributed by atoms with E-state index in [1.54, 1.807) is 0 Å². The van der Waals surface area contributed by atoms with Crippen LogP contribution in [0.5, 0.6) is 5.75 Å². The number of ether oxygens (including phenoxy) is 1. The highest BCUT2D eigenvalue weighted by Gasteiger charge is 2.31. The van der Waals surface area contributed by atoms with Crippen molar-refractivity contribution in [3.05, 3.63) is 59.7 Å². The predicted octanol–water partition coefficient (Wildman–Crippen LogP) is 3.04. The first kappa shape index (κ1) is 16.0. The highest BCUT2D eigenvalue weighted by molar-refractivity contribution is 5.82. The van der Waals surface area contributed by atoms with E-state index >= 15 is 0 Å². The molecule has 2 aliphatic rings. The normalized spacial score (nSPS) is 20.0. The van der Waals surface area contributed by atoms with Gasteiger partial charge in [-0.25, -0.2) is 0 Å². The second kappa shape index (κ2) is 6.79. The number of hydrogen-bond acceptors (Lipinski definition) is 3. The summed E-state index contributed by atoms with van der Waals surface area (Å²) in [7, 11) is 0. The monoisotopic (exact) mass is 336 g/mol. The molecule has 0 radical (unpaired) electrons. The number of fused-ring (bicyclic) bond motifs is 1. The highest BCUT2D eigenvalue weighted by Crippen LogP contribution is 2.28. The van der Waals surface area contributed by atoms with Gasteiger partial charge in [-0.3, -0.25) is 4.79 Å². The number of benzene rings is 2.